The van der Waals surface area contributed by atoms with Crippen molar-refractivity contribution in [2.45, 2.75) is 26.2 Å². The van der Waals surface area contributed by atoms with Crippen LogP contribution in [0.2, 0.25) is 0 Å². The molecule has 0 bridgehead atoms. The van der Waals surface area contributed by atoms with Crippen molar-refractivity contribution in [3.05, 3.63) is 35.9 Å². The van der Waals surface area contributed by atoms with Crippen LogP contribution in [-0.2, 0) is 9.53 Å². The molecule has 0 fully saturated rings. The third kappa shape index (κ3) is 4.52. The second kappa shape index (κ2) is 7.72. The zero-order chi connectivity index (χ0) is 15.1. The van der Waals surface area contributed by atoms with Crippen LogP contribution in [0.25, 0.3) is 0 Å². The number of benzene rings is 1. The van der Waals surface area contributed by atoms with Crippen LogP contribution in [0.4, 0.5) is 5.69 Å². The minimum Gasteiger partial charge on any atom is -0.497 e. The Bertz CT molecular complexity index is 493. The molecule has 1 aliphatic rings. The lowest BCUT2D eigenvalue weighted by Gasteiger charge is -2.28. The van der Waals surface area contributed by atoms with E-state index in [-0.39, 0.29) is 5.97 Å². The smallest absolute Gasteiger partial charge is 0.307 e. The van der Waals surface area contributed by atoms with Gasteiger partial charge in [0.2, 0.25) is 0 Å². The predicted octanol–water partition coefficient (Wildman–Crippen LogP) is 3.18. The van der Waals surface area contributed by atoms with Crippen LogP contribution in [-0.4, -0.2) is 32.8 Å². The summed E-state index contributed by atoms with van der Waals surface area (Å²) in [5.41, 5.74) is 2.54. The second-order valence-corrected chi connectivity index (χ2v) is 5.08. The first-order valence-electron chi connectivity index (χ1n) is 7.45. The summed E-state index contributed by atoms with van der Waals surface area (Å²) in [5, 5.41) is 0. The Kier molecular flexibility index (Phi) is 5.67. The molecular formula is C17H23NO3. The molecule has 21 heavy (non-hydrogen) atoms. The molecule has 0 N–H and O–H groups in total. The maximum Gasteiger partial charge on any atom is 0.307 e. The minimum atomic E-state index is -0.140. The standard InChI is InChI=1S/C17H23NO3/c1-3-21-17(19)11-12-18(13-14-5-4-6-14)15-7-9-16(20-2)10-8-15/h5,7-10H,3-4,6,11-13H2,1-2H3. The fourth-order valence-corrected chi connectivity index (χ4v) is 2.29. The highest BCUT2D eigenvalue weighted by Gasteiger charge is 2.14. The third-order valence-electron chi connectivity index (χ3n) is 3.62. The van der Waals surface area contributed by atoms with Gasteiger partial charge in [0.05, 0.1) is 20.1 Å². The van der Waals surface area contributed by atoms with Gasteiger partial charge in [0, 0.05) is 18.8 Å². The number of hydrogen-bond donors (Lipinski definition) is 0. The van der Waals surface area contributed by atoms with Crippen molar-refractivity contribution in [2.24, 2.45) is 0 Å². The van der Waals surface area contributed by atoms with Gasteiger partial charge in [-0.1, -0.05) is 11.6 Å². The average molecular weight is 289 g/mol. The number of ether oxygens (including phenoxy) is 2. The number of methoxy groups -OCH3 is 1. The van der Waals surface area contributed by atoms with Crippen LogP contribution in [0.1, 0.15) is 26.2 Å². The molecule has 1 aromatic carbocycles. The van der Waals surface area contributed by atoms with Gasteiger partial charge in [-0.05, 0) is 44.0 Å². The molecule has 1 aliphatic carbocycles. The van der Waals surface area contributed by atoms with E-state index in [1.165, 1.54) is 12.0 Å². The SMILES string of the molecule is CCOC(=O)CCN(CC1=CCC1)c1ccc(OC)cc1. The lowest BCUT2D eigenvalue weighted by atomic mass is 9.98. The van der Waals surface area contributed by atoms with Gasteiger partial charge >= 0.3 is 5.97 Å². The fourth-order valence-electron chi connectivity index (χ4n) is 2.29. The highest BCUT2D eigenvalue weighted by Crippen LogP contribution is 2.24. The van der Waals surface area contributed by atoms with E-state index in [0.717, 1.165) is 24.4 Å². The van der Waals surface area contributed by atoms with Crippen LogP contribution < -0.4 is 9.64 Å². The van der Waals surface area contributed by atoms with Crippen LogP contribution in [0.15, 0.2) is 35.9 Å². The van der Waals surface area contributed by atoms with Crippen molar-refractivity contribution in [3.63, 3.8) is 0 Å². The lowest BCUT2D eigenvalue weighted by molar-refractivity contribution is -0.142. The van der Waals surface area contributed by atoms with Crippen molar-refractivity contribution >= 4 is 11.7 Å². The number of anilines is 1. The van der Waals surface area contributed by atoms with E-state index in [4.69, 9.17) is 9.47 Å². The maximum atomic E-state index is 11.6. The zero-order valence-corrected chi connectivity index (χ0v) is 12.8. The number of hydrogen-bond acceptors (Lipinski definition) is 4. The van der Waals surface area contributed by atoms with Crippen LogP contribution in [0.5, 0.6) is 5.75 Å². The average Bonchev–Trinajstić information content (AvgIpc) is 2.46. The summed E-state index contributed by atoms with van der Waals surface area (Å²) in [6, 6.07) is 7.95. The van der Waals surface area contributed by atoms with Crippen molar-refractivity contribution in [2.75, 3.05) is 31.7 Å². The monoisotopic (exact) mass is 289 g/mol. The topological polar surface area (TPSA) is 38.8 Å². The number of rotatable bonds is 8. The second-order valence-electron chi connectivity index (χ2n) is 5.08. The molecule has 0 atom stereocenters. The molecule has 4 nitrogen and oxygen atoms in total. The van der Waals surface area contributed by atoms with Gasteiger partial charge < -0.3 is 14.4 Å². The van der Waals surface area contributed by atoms with E-state index in [9.17, 15) is 4.79 Å². The largest absolute Gasteiger partial charge is 0.497 e. The molecule has 0 aliphatic heterocycles. The highest BCUT2D eigenvalue weighted by atomic mass is 16.5. The van der Waals surface area contributed by atoms with E-state index >= 15 is 0 Å². The van der Waals surface area contributed by atoms with Crippen LogP contribution in [0, 0.1) is 0 Å². The number of carbonyl (C=O) groups excluding carboxylic acids is 1. The summed E-state index contributed by atoms with van der Waals surface area (Å²) in [5.74, 6) is 0.700. The first kappa shape index (κ1) is 15.4. The van der Waals surface area contributed by atoms with E-state index in [0.29, 0.717) is 19.6 Å². The first-order chi connectivity index (χ1) is 10.2. The Labute approximate surface area is 126 Å². The molecule has 0 saturated carbocycles. The Morgan fingerprint density at radius 2 is 2.00 bits per heavy atom. The molecule has 114 valence electrons. The van der Waals surface area contributed by atoms with Gasteiger partial charge in [-0.2, -0.15) is 0 Å². The van der Waals surface area contributed by atoms with Gasteiger partial charge in [0.25, 0.3) is 0 Å². The molecule has 0 radical (unpaired) electrons. The Morgan fingerprint density at radius 3 is 2.52 bits per heavy atom. The van der Waals surface area contributed by atoms with E-state index in [1.807, 2.05) is 31.2 Å². The molecule has 0 spiro atoms. The highest BCUT2D eigenvalue weighted by molar-refractivity contribution is 5.70. The first-order valence-corrected chi connectivity index (χ1v) is 7.45. The van der Waals surface area contributed by atoms with Gasteiger partial charge in [0.1, 0.15) is 5.75 Å². The molecule has 0 saturated heterocycles. The number of carbonyl (C=O) groups is 1. The summed E-state index contributed by atoms with van der Waals surface area (Å²) in [6.07, 6.45) is 5.00. The molecule has 4 heteroatoms. The molecule has 0 unspecified atom stereocenters. The van der Waals surface area contributed by atoms with E-state index in [2.05, 4.69) is 11.0 Å². The molecule has 0 heterocycles. The van der Waals surface area contributed by atoms with E-state index in [1.54, 1.807) is 7.11 Å². The zero-order valence-electron chi connectivity index (χ0n) is 12.8. The normalized spacial score (nSPS) is 13.1. The number of allylic oxidation sites excluding steroid dienone is 1. The summed E-state index contributed by atoms with van der Waals surface area (Å²) in [6.45, 7) is 3.82. The molecule has 1 aromatic rings. The maximum absolute atomic E-state index is 11.6. The fraction of sp³-hybridized carbons (Fsp3) is 0.471. The lowest BCUT2D eigenvalue weighted by Crippen LogP contribution is -2.29. The summed E-state index contributed by atoms with van der Waals surface area (Å²) >= 11 is 0. The summed E-state index contributed by atoms with van der Waals surface area (Å²) in [7, 11) is 1.66. The Hall–Kier alpha value is -1.97. The number of esters is 1. The van der Waals surface area contributed by atoms with Gasteiger partial charge in [-0.3, -0.25) is 4.79 Å². The molecule has 2 rings (SSSR count). The molecule has 0 aromatic heterocycles. The number of nitrogens with zero attached hydrogens (tertiary/aromatic N) is 1. The van der Waals surface area contributed by atoms with E-state index < -0.39 is 0 Å². The van der Waals surface area contributed by atoms with Crippen molar-refractivity contribution in [3.8, 4) is 5.75 Å². The van der Waals surface area contributed by atoms with Crippen molar-refractivity contribution in [1.29, 1.82) is 0 Å². The predicted molar refractivity (Wildman–Crippen MR) is 83.8 cm³/mol. The van der Waals surface area contributed by atoms with Gasteiger partial charge in [-0.25, -0.2) is 0 Å². The molecule has 0 amide bonds. The van der Waals surface area contributed by atoms with Crippen LogP contribution >= 0.6 is 0 Å². The minimum absolute atomic E-state index is 0.140. The van der Waals surface area contributed by atoms with Gasteiger partial charge in [0.15, 0.2) is 0 Å². The Morgan fingerprint density at radius 1 is 1.29 bits per heavy atom. The van der Waals surface area contributed by atoms with Crippen LogP contribution in [0.3, 0.4) is 0 Å². The van der Waals surface area contributed by atoms with Gasteiger partial charge in [-0.15, -0.1) is 0 Å². The Balaban J connectivity index is 2.01. The quantitative estimate of drug-likeness (QED) is 0.544. The molecular weight excluding hydrogens is 266 g/mol. The third-order valence-corrected chi connectivity index (χ3v) is 3.62. The summed E-state index contributed by atoms with van der Waals surface area (Å²) < 4.78 is 10.2. The van der Waals surface area contributed by atoms with Crippen molar-refractivity contribution < 1.29 is 14.3 Å². The summed E-state index contributed by atoms with van der Waals surface area (Å²) in [4.78, 5) is 13.8. The van der Waals surface area contributed by atoms with Crippen molar-refractivity contribution in [1.82, 2.24) is 0 Å².